The van der Waals surface area contributed by atoms with Gasteiger partial charge in [-0.1, -0.05) is 24.3 Å². The minimum Gasteiger partial charge on any atom is -0.357 e. The molecule has 1 saturated heterocycles. The number of benzene rings is 1. The van der Waals surface area contributed by atoms with E-state index in [0.29, 0.717) is 44.1 Å². The van der Waals surface area contributed by atoms with E-state index in [1.807, 2.05) is 25.1 Å². The molecular formula is C24H31N5O3. The predicted octanol–water partition coefficient (Wildman–Crippen LogP) is 0.951. The molecule has 2 aliphatic carbocycles. The summed E-state index contributed by atoms with van der Waals surface area (Å²) in [6.45, 7) is 4.05. The molecule has 8 heteroatoms. The van der Waals surface area contributed by atoms with Crippen molar-refractivity contribution < 1.29 is 14.4 Å². The molecule has 4 unspecified atom stereocenters. The van der Waals surface area contributed by atoms with Crippen molar-refractivity contribution in [2.45, 2.75) is 19.8 Å². The summed E-state index contributed by atoms with van der Waals surface area (Å²) in [5, 5.41) is 9.06. The number of rotatable bonds is 8. The van der Waals surface area contributed by atoms with E-state index in [4.69, 9.17) is 0 Å². The van der Waals surface area contributed by atoms with E-state index >= 15 is 0 Å². The van der Waals surface area contributed by atoms with Crippen molar-refractivity contribution in [3.8, 4) is 0 Å². The zero-order valence-corrected chi connectivity index (χ0v) is 18.6. The van der Waals surface area contributed by atoms with E-state index in [-0.39, 0.29) is 41.4 Å². The number of allylic oxidation sites excluding steroid dienone is 2. The number of nitrogens with one attached hydrogen (secondary N) is 3. The molecule has 0 spiro atoms. The number of aliphatic imine (C=N–C) groups is 1. The largest absolute Gasteiger partial charge is 0.357 e. The van der Waals surface area contributed by atoms with Crippen LogP contribution in [0, 0.1) is 23.7 Å². The van der Waals surface area contributed by atoms with E-state index in [1.165, 1.54) is 4.90 Å². The maximum Gasteiger partial charge on any atom is 0.251 e. The number of hydrogen-bond donors (Lipinski definition) is 3. The number of hydrogen-bond acceptors (Lipinski definition) is 4. The molecule has 3 aliphatic rings. The Morgan fingerprint density at radius 2 is 1.84 bits per heavy atom. The average Bonchev–Trinajstić information content (AvgIpc) is 3.48. The topological polar surface area (TPSA) is 103 Å². The molecule has 1 aromatic rings. The van der Waals surface area contributed by atoms with Gasteiger partial charge in [-0.05, 0) is 49.3 Å². The van der Waals surface area contributed by atoms with Gasteiger partial charge in [0, 0.05) is 38.8 Å². The minimum atomic E-state index is -0.148. The molecule has 2 bridgehead atoms. The quantitative estimate of drug-likeness (QED) is 0.243. The Kier molecular flexibility index (Phi) is 6.58. The summed E-state index contributed by atoms with van der Waals surface area (Å²) < 4.78 is 0. The summed E-state index contributed by atoms with van der Waals surface area (Å²) in [4.78, 5) is 43.4. The van der Waals surface area contributed by atoms with E-state index in [1.54, 1.807) is 13.1 Å². The second-order valence-electron chi connectivity index (χ2n) is 8.54. The summed E-state index contributed by atoms with van der Waals surface area (Å²) in [7, 11) is 1.62. The monoisotopic (exact) mass is 437 g/mol. The van der Waals surface area contributed by atoms with Crippen LogP contribution in [0.15, 0.2) is 41.4 Å². The fraction of sp³-hybridized carbons (Fsp3) is 0.500. The van der Waals surface area contributed by atoms with Crippen LogP contribution in [-0.4, -0.2) is 61.8 Å². The molecule has 170 valence electrons. The SMILES string of the molecule is CCNC(=NCCc1cccc(C(=O)NC)c1)NCCN1C(=O)C2C3C=CC(C3)C2C1=O. The first-order chi connectivity index (χ1) is 15.5. The number of fused-ring (bicyclic) bond motifs is 5. The standard InChI is InChI=1S/C24H31N5O3/c1-3-26-24(27-10-9-15-5-4-6-18(13-15)21(30)25-2)28-11-12-29-22(31)19-16-7-8-17(14-16)20(19)23(29)32/h4-8,13,16-17,19-20H,3,9-12,14H2,1-2H3,(H,25,30)(H2,26,27,28). The van der Waals surface area contributed by atoms with Gasteiger partial charge >= 0.3 is 0 Å². The highest BCUT2D eigenvalue weighted by Crippen LogP contribution is 2.52. The van der Waals surface area contributed by atoms with Crippen LogP contribution in [0.3, 0.4) is 0 Å². The fourth-order valence-corrected chi connectivity index (χ4v) is 5.12. The molecule has 4 rings (SSSR count). The number of amides is 3. The predicted molar refractivity (Wildman–Crippen MR) is 122 cm³/mol. The van der Waals surface area contributed by atoms with Gasteiger partial charge in [-0.25, -0.2) is 0 Å². The number of likely N-dealkylation sites (tertiary alicyclic amines) is 1. The first kappa shape index (κ1) is 22.0. The van der Waals surface area contributed by atoms with Crippen LogP contribution in [0.4, 0.5) is 0 Å². The van der Waals surface area contributed by atoms with Crippen molar-refractivity contribution in [2.24, 2.45) is 28.7 Å². The van der Waals surface area contributed by atoms with Crippen molar-refractivity contribution in [1.82, 2.24) is 20.9 Å². The average molecular weight is 438 g/mol. The first-order valence-electron chi connectivity index (χ1n) is 11.4. The Balaban J connectivity index is 1.29. The Hall–Kier alpha value is -3.16. The van der Waals surface area contributed by atoms with Gasteiger partial charge in [0.05, 0.1) is 11.8 Å². The molecule has 1 heterocycles. The maximum atomic E-state index is 12.8. The Bertz CT molecular complexity index is 927. The molecule has 3 amide bonds. The van der Waals surface area contributed by atoms with Gasteiger partial charge in [0.2, 0.25) is 11.8 Å². The van der Waals surface area contributed by atoms with Gasteiger partial charge in [-0.3, -0.25) is 24.3 Å². The third-order valence-electron chi connectivity index (χ3n) is 6.62. The lowest BCUT2D eigenvalue weighted by atomic mass is 9.85. The van der Waals surface area contributed by atoms with Crippen molar-refractivity contribution in [2.75, 3.05) is 33.2 Å². The van der Waals surface area contributed by atoms with Crippen molar-refractivity contribution in [3.63, 3.8) is 0 Å². The smallest absolute Gasteiger partial charge is 0.251 e. The second kappa shape index (κ2) is 9.54. The van der Waals surface area contributed by atoms with Crippen LogP contribution in [0.25, 0.3) is 0 Å². The molecule has 3 N–H and O–H groups in total. The van der Waals surface area contributed by atoms with Gasteiger partial charge in [-0.2, -0.15) is 0 Å². The molecular weight excluding hydrogens is 406 g/mol. The lowest BCUT2D eigenvalue weighted by molar-refractivity contribution is -0.140. The molecule has 0 aromatic heterocycles. The van der Waals surface area contributed by atoms with Gasteiger partial charge in [0.25, 0.3) is 5.91 Å². The van der Waals surface area contributed by atoms with Crippen molar-refractivity contribution in [3.05, 3.63) is 47.5 Å². The highest BCUT2D eigenvalue weighted by atomic mass is 16.2. The molecule has 1 saturated carbocycles. The van der Waals surface area contributed by atoms with E-state index in [9.17, 15) is 14.4 Å². The number of carbonyl (C=O) groups is 3. The van der Waals surface area contributed by atoms with Gasteiger partial charge in [0.15, 0.2) is 5.96 Å². The molecule has 1 aliphatic heterocycles. The van der Waals surface area contributed by atoms with E-state index in [2.05, 4.69) is 33.1 Å². The minimum absolute atomic E-state index is 0.0170. The molecule has 2 fully saturated rings. The van der Waals surface area contributed by atoms with Crippen molar-refractivity contribution >= 4 is 23.7 Å². The first-order valence-corrected chi connectivity index (χ1v) is 11.4. The molecule has 4 atom stereocenters. The molecule has 0 radical (unpaired) electrons. The molecule has 8 nitrogen and oxygen atoms in total. The van der Waals surface area contributed by atoms with Crippen LogP contribution in [-0.2, 0) is 16.0 Å². The van der Waals surface area contributed by atoms with Crippen molar-refractivity contribution in [1.29, 1.82) is 0 Å². The van der Waals surface area contributed by atoms with E-state index in [0.717, 1.165) is 12.0 Å². The normalized spacial score (nSPS) is 25.9. The van der Waals surface area contributed by atoms with Crippen LogP contribution in [0.2, 0.25) is 0 Å². The number of nitrogens with zero attached hydrogens (tertiary/aromatic N) is 2. The van der Waals surface area contributed by atoms with Crippen LogP contribution < -0.4 is 16.0 Å². The Morgan fingerprint density at radius 1 is 1.12 bits per heavy atom. The van der Waals surface area contributed by atoms with Crippen LogP contribution in [0.5, 0.6) is 0 Å². The number of carbonyl (C=O) groups excluding carboxylic acids is 3. The number of guanidine groups is 1. The lowest BCUT2D eigenvalue weighted by Gasteiger charge is -2.18. The highest BCUT2D eigenvalue weighted by molar-refractivity contribution is 6.06. The Labute approximate surface area is 188 Å². The zero-order chi connectivity index (χ0) is 22.7. The fourth-order valence-electron chi connectivity index (χ4n) is 5.12. The highest BCUT2D eigenvalue weighted by Gasteiger charge is 2.58. The summed E-state index contributed by atoms with van der Waals surface area (Å²) in [6.07, 6.45) is 5.86. The van der Waals surface area contributed by atoms with Gasteiger partial charge in [-0.15, -0.1) is 0 Å². The van der Waals surface area contributed by atoms with Gasteiger partial charge in [0.1, 0.15) is 0 Å². The van der Waals surface area contributed by atoms with Crippen LogP contribution in [0.1, 0.15) is 29.3 Å². The second-order valence-corrected chi connectivity index (χ2v) is 8.54. The maximum absolute atomic E-state index is 12.8. The summed E-state index contributed by atoms with van der Waals surface area (Å²) in [5.41, 5.74) is 1.67. The zero-order valence-electron chi connectivity index (χ0n) is 18.6. The van der Waals surface area contributed by atoms with Gasteiger partial charge < -0.3 is 16.0 Å². The van der Waals surface area contributed by atoms with Crippen LogP contribution >= 0.6 is 0 Å². The summed E-state index contributed by atoms with van der Waals surface area (Å²) in [5.74, 6) is 0.684. The van der Waals surface area contributed by atoms with E-state index < -0.39 is 0 Å². The Morgan fingerprint density at radius 3 is 2.50 bits per heavy atom. The molecule has 1 aromatic carbocycles. The summed E-state index contributed by atoms with van der Waals surface area (Å²) in [6, 6.07) is 7.51. The number of imide groups is 1. The third kappa shape index (κ3) is 4.26. The summed E-state index contributed by atoms with van der Waals surface area (Å²) >= 11 is 0. The third-order valence-corrected chi connectivity index (χ3v) is 6.62. The molecule has 32 heavy (non-hydrogen) atoms. The lowest BCUT2D eigenvalue weighted by Crippen LogP contribution is -2.43.